The molecule has 4 aliphatic rings. The molecule has 28 heavy (non-hydrogen) atoms. The number of carbonyl (C=O) groups excluding carboxylic acids is 2. The number of hydrogen-bond acceptors (Lipinski definition) is 6. The number of carbonyl (C=O) groups is 2. The molecule has 2 atom stereocenters. The lowest BCUT2D eigenvalue weighted by atomic mass is 9.95. The lowest BCUT2D eigenvalue weighted by molar-refractivity contribution is -0.125. The summed E-state index contributed by atoms with van der Waals surface area (Å²) in [6, 6.07) is 3.73. The van der Waals surface area contributed by atoms with E-state index >= 15 is 0 Å². The van der Waals surface area contributed by atoms with Gasteiger partial charge in [0.15, 0.2) is 11.4 Å². The predicted octanol–water partition coefficient (Wildman–Crippen LogP) is 0.438. The van der Waals surface area contributed by atoms with Gasteiger partial charge >= 0.3 is 6.03 Å². The molecule has 0 bridgehead atoms. The molecule has 9 nitrogen and oxygen atoms in total. The third kappa shape index (κ3) is 1.99. The van der Waals surface area contributed by atoms with Crippen molar-refractivity contribution in [2.75, 3.05) is 20.1 Å². The van der Waals surface area contributed by atoms with E-state index < -0.39 is 5.54 Å². The Hall–Kier alpha value is -2.94. The van der Waals surface area contributed by atoms with Crippen LogP contribution in [0.1, 0.15) is 29.8 Å². The molecule has 6 rings (SSSR count). The lowest BCUT2D eigenvalue weighted by Crippen LogP contribution is -2.48. The number of oxime groups is 1. The highest BCUT2D eigenvalue weighted by atomic mass is 16.7. The molecule has 0 radical (unpaired) electrons. The first-order chi connectivity index (χ1) is 13.5. The molecule has 1 aromatic carbocycles. The maximum absolute atomic E-state index is 12.4. The monoisotopic (exact) mass is 380 g/mol. The summed E-state index contributed by atoms with van der Waals surface area (Å²) in [7, 11) is 1.68. The molecule has 1 aliphatic carbocycles. The van der Waals surface area contributed by atoms with E-state index in [2.05, 4.69) is 20.8 Å². The van der Waals surface area contributed by atoms with E-state index in [1.807, 2.05) is 12.1 Å². The number of hydrogen-bond donors (Lipinski definition) is 3. The highest BCUT2D eigenvalue weighted by Crippen LogP contribution is 2.39. The van der Waals surface area contributed by atoms with Crippen LogP contribution in [0.3, 0.4) is 0 Å². The minimum Gasteiger partial charge on any atom is -0.387 e. The number of nitrogens with zero attached hydrogens (tertiary/aromatic N) is 3. The average molecular weight is 380 g/mol. The number of urea groups is 1. The Labute approximate surface area is 160 Å². The zero-order valence-electron chi connectivity index (χ0n) is 15.5. The van der Waals surface area contributed by atoms with Crippen LogP contribution in [-0.4, -0.2) is 63.8 Å². The number of nitrogens with one attached hydrogen (secondary N) is 3. The summed E-state index contributed by atoms with van der Waals surface area (Å²) in [5, 5.41) is 10.0. The number of H-pyrrole nitrogens is 1. The van der Waals surface area contributed by atoms with Gasteiger partial charge in [-0.1, -0.05) is 5.16 Å². The number of benzene rings is 1. The summed E-state index contributed by atoms with van der Waals surface area (Å²) < 4.78 is 0. The summed E-state index contributed by atoms with van der Waals surface area (Å²) in [5.41, 5.74) is 3.68. The van der Waals surface area contributed by atoms with Crippen LogP contribution in [0.25, 0.3) is 11.0 Å². The molecule has 3 amide bonds. The largest absolute Gasteiger partial charge is 0.387 e. The van der Waals surface area contributed by atoms with E-state index in [0.29, 0.717) is 12.8 Å². The standard InChI is InChI=1S/C19H20N6O3/c1-25-17(27)23-16(26)19(25)6-10-4-12-13(5-11(10)7-19)22-15(21-12)14-8-18(28-24-14)2-3-20-9-18/h4-5,20H,2-3,6-9H2,1H3,(H,21,22)(H,23,26,27). The zero-order chi connectivity index (χ0) is 19.1. The summed E-state index contributed by atoms with van der Waals surface area (Å²) in [5.74, 6) is 0.518. The Morgan fingerprint density at radius 3 is 2.71 bits per heavy atom. The first-order valence-corrected chi connectivity index (χ1v) is 9.55. The lowest BCUT2D eigenvalue weighted by Gasteiger charge is -2.27. The fourth-order valence-electron chi connectivity index (χ4n) is 4.94. The highest BCUT2D eigenvalue weighted by Gasteiger charge is 2.54. The molecule has 1 aromatic heterocycles. The van der Waals surface area contributed by atoms with Crippen molar-refractivity contribution < 1.29 is 14.4 Å². The number of fused-ring (bicyclic) bond motifs is 2. The normalized spacial score (nSPS) is 27.8. The molecule has 4 heterocycles. The number of likely N-dealkylation sites (N-methyl/N-ethyl adjacent to an activating group) is 1. The number of imidazole rings is 1. The number of aromatic nitrogens is 2. The van der Waals surface area contributed by atoms with Crippen molar-refractivity contribution >= 4 is 28.7 Å². The van der Waals surface area contributed by atoms with Gasteiger partial charge in [-0.25, -0.2) is 9.78 Å². The molecule has 2 aromatic rings. The van der Waals surface area contributed by atoms with Gasteiger partial charge in [-0.2, -0.15) is 0 Å². The molecule has 144 valence electrons. The van der Waals surface area contributed by atoms with Crippen molar-refractivity contribution in [3.8, 4) is 0 Å². The average Bonchev–Trinajstić information content (AvgIpc) is 3.46. The first-order valence-electron chi connectivity index (χ1n) is 9.55. The van der Waals surface area contributed by atoms with E-state index in [1.54, 1.807) is 7.05 Å². The van der Waals surface area contributed by atoms with Crippen LogP contribution in [0, 0.1) is 0 Å². The van der Waals surface area contributed by atoms with E-state index in [4.69, 9.17) is 9.82 Å². The third-order valence-electron chi connectivity index (χ3n) is 6.68. The molecule has 2 fully saturated rings. The second-order valence-corrected chi connectivity index (χ2v) is 8.34. The predicted molar refractivity (Wildman–Crippen MR) is 100.0 cm³/mol. The molecular weight excluding hydrogens is 360 g/mol. The van der Waals surface area contributed by atoms with Gasteiger partial charge in [0.05, 0.1) is 11.0 Å². The second-order valence-electron chi connectivity index (χ2n) is 8.34. The van der Waals surface area contributed by atoms with Crippen molar-refractivity contribution in [3.05, 3.63) is 29.1 Å². The van der Waals surface area contributed by atoms with Gasteiger partial charge in [-0.05, 0) is 29.8 Å². The fourth-order valence-corrected chi connectivity index (χ4v) is 4.94. The Balaban J connectivity index is 1.33. The summed E-state index contributed by atoms with van der Waals surface area (Å²) >= 11 is 0. The zero-order valence-corrected chi connectivity index (χ0v) is 15.5. The molecule has 0 saturated carbocycles. The number of rotatable bonds is 1. The number of amides is 3. The maximum atomic E-state index is 12.4. The van der Waals surface area contributed by atoms with E-state index in [1.165, 1.54) is 4.90 Å². The van der Waals surface area contributed by atoms with Crippen molar-refractivity contribution in [3.63, 3.8) is 0 Å². The van der Waals surface area contributed by atoms with Gasteiger partial charge in [0, 0.05) is 39.3 Å². The molecular formula is C19H20N6O3. The topological polar surface area (TPSA) is 112 Å². The van der Waals surface area contributed by atoms with Crippen LogP contribution in [0.15, 0.2) is 17.3 Å². The summed E-state index contributed by atoms with van der Waals surface area (Å²) in [6.07, 6.45) is 2.72. The molecule has 3 aliphatic heterocycles. The van der Waals surface area contributed by atoms with Gasteiger partial charge in [-0.15, -0.1) is 0 Å². The first kappa shape index (κ1) is 16.1. The fraction of sp³-hybridized carbons (Fsp3) is 0.474. The van der Waals surface area contributed by atoms with Gasteiger partial charge < -0.3 is 20.0 Å². The van der Waals surface area contributed by atoms with Crippen LogP contribution < -0.4 is 10.6 Å². The van der Waals surface area contributed by atoms with Crippen LogP contribution in [0.5, 0.6) is 0 Å². The van der Waals surface area contributed by atoms with E-state index in [-0.39, 0.29) is 17.5 Å². The van der Waals surface area contributed by atoms with Gasteiger partial charge in [0.2, 0.25) is 0 Å². The highest BCUT2D eigenvalue weighted by molar-refractivity contribution is 6.08. The number of aromatic amines is 1. The Morgan fingerprint density at radius 2 is 2.00 bits per heavy atom. The van der Waals surface area contributed by atoms with Crippen LogP contribution in [-0.2, 0) is 22.5 Å². The van der Waals surface area contributed by atoms with Gasteiger partial charge in [-0.3, -0.25) is 10.1 Å². The Bertz CT molecular complexity index is 1040. The van der Waals surface area contributed by atoms with Crippen molar-refractivity contribution in [2.45, 2.75) is 36.8 Å². The quantitative estimate of drug-likeness (QED) is 0.622. The molecule has 2 saturated heterocycles. The van der Waals surface area contributed by atoms with Crippen LogP contribution >= 0.6 is 0 Å². The van der Waals surface area contributed by atoms with Crippen LogP contribution in [0.4, 0.5) is 4.79 Å². The third-order valence-corrected chi connectivity index (χ3v) is 6.68. The minimum atomic E-state index is -0.813. The van der Waals surface area contributed by atoms with Crippen molar-refractivity contribution in [1.29, 1.82) is 0 Å². The summed E-state index contributed by atoms with van der Waals surface area (Å²) in [4.78, 5) is 39.7. The SMILES string of the molecule is CN1C(=O)NC(=O)C12Cc1cc3nc(C4=NOC5(CCNC5)C4)[nH]c3cc1C2. The molecule has 2 unspecified atom stereocenters. The Morgan fingerprint density at radius 1 is 1.18 bits per heavy atom. The summed E-state index contributed by atoms with van der Waals surface area (Å²) in [6.45, 7) is 1.76. The van der Waals surface area contributed by atoms with Crippen molar-refractivity contribution in [2.24, 2.45) is 5.16 Å². The Kier molecular flexibility index (Phi) is 2.93. The second kappa shape index (κ2) is 5.11. The van der Waals surface area contributed by atoms with E-state index in [9.17, 15) is 9.59 Å². The van der Waals surface area contributed by atoms with Crippen LogP contribution in [0.2, 0.25) is 0 Å². The van der Waals surface area contributed by atoms with Crippen molar-refractivity contribution in [1.82, 2.24) is 25.5 Å². The molecule has 2 spiro atoms. The van der Waals surface area contributed by atoms with Gasteiger partial charge in [0.25, 0.3) is 5.91 Å². The molecule has 9 heteroatoms. The minimum absolute atomic E-state index is 0.221. The van der Waals surface area contributed by atoms with E-state index in [0.717, 1.165) is 59.6 Å². The van der Waals surface area contributed by atoms with Gasteiger partial charge in [0.1, 0.15) is 11.3 Å². The smallest absolute Gasteiger partial charge is 0.324 e. The number of imide groups is 1. The maximum Gasteiger partial charge on any atom is 0.324 e. The molecule has 3 N–H and O–H groups in total.